The summed E-state index contributed by atoms with van der Waals surface area (Å²) in [5, 5.41) is 0.943. The highest BCUT2D eigenvalue weighted by atomic mass is 32.2. The molecule has 0 aromatic carbocycles. The van der Waals surface area contributed by atoms with Crippen LogP contribution >= 0.6 is 0 Å². The van der Waals surface area contributed by atoms with E-state index in [4.69, 9.17) is 13.3 Å². The maximum atomic E-state index is 5.98. The van der Waals surface area contributed by atoms with Crippen molar-refractivity contribution >= 4 is 19.7 Å². The van der Waals surface area contributed by atoms with Gasteiger partial charge in [-0.2, -0.15) is 0 Å². The molecule has 0 aliphatic carbocycles. The van der Waals surface area contributed by atoms with Gasteiger partial charge in [-0.05, 0) is 17.0 Å². The summed E-state index contributed by atoms with van der Waals surface area (Å²) in [6.07, 6.45) is 4.21. The zero-order valence-corrected chi connectivity index (χ0v) is 12.3. The van der Waals surface area contributed by atoms with Crippen LogP contribution in [0.5, 0.6) is 0 Å². The summed E-state index contributed by atoms with van der Waals surface area (Å²) in [6, 6.07) is 0. The summed E-state index contributed by atoms with van der Waals surface area (Å²) in [5.74, 6) is 1.02. The predicted molar refractivity (Wildman–Crippen MR) is 73.3 cm³/mol. The van der Waals surface area contributed by atoms with Gasteiger partial charge in [-0.25, -0.2) is 0 Å². The van der Waals surface area contributed by atoms with Crippen LogP contribution in [0.4, 0.5) is 0 Å². The second-order valence-corrected chi connectivity index (χ2v) is 9.73. The van der Waals surface area contributed by atoms with Crippen LogP contribution in [0.2, 0.25) is 0 Å². The Hall–Kier alpha value is 0.147. The van der Waals surface area contributed by atoms with Crippen molar-refractivity contribution in [2.75, 3.05) is 56.8 Å². The van der Waals surface area contributed by atoms with E-state index >= 15 is 0 Å². The van der Waals surface area contributed by atoms with Gasteiger partial charge in [0.25, 0.3) is 0 Å². The summed E-state index contributed by atoms with van der Waals surface area (Å²) < 4.78 is 18.0. The van der Waals surface area contributed by atoms with Gasteiger partial charge < -0.3 is 13.3 Å². The Balaban J connectivity index is 2.00. The van der Waals surface area contributed by atoms with Crippen molar-refractivity contribution < 1.29 is 13.3 Å². The van der Waals surface area contributed by atoms with Gasteiger partial charge in [0, 0.05) is 19.6 Å². The van der Waals surface area contributed by atoms with Gasteiger partial charge in [0.1, 0.15) is 5.75 Å². The highest BCUT2D eigenvalue weighted by Gasteiger charge is 2.49. The Labute approximate surface area is 108 Å². The zero-order valence-electron chi connectivity index (χ0n) is 10.5. The van der Waals surface area contributed by atoms with Crippen molar-refractivity contribution in [3.05, 3.63) is 12.7 Å². The third-order valence-corrected chi connectivity index (χ3v) is 9.14. The maximum absolute atomic E-state index is 5.98. The van der Waals surface area contributed by atoms with Crippen molar-refractivity contribution in [3.63, 3.8) is 0 Å². The molecule has 0 aromatic rings. The van der Waals surface area contributed by atoms with Crippen molar-refractivity contribution in [2.45, 2.75) is 0 Å². The first-order chi connectivity index (χ1) is 8.24. The quantitative estimate of drug-likeness (QED) is 0.419. The second kappa shape index (κ2) is 6.35. The zero-order chi connectivity index (χ0) is 12.1. The largest absolute Gasteiger partial charge is 0.553 e. The minimum absolute atomic E-state index is 0.251. The first kappa shape index (κ1) is 13.6. The fraction of sp³-hybridized carbons (Fsp3) is 0.818. The van der Waals surface area contributed by atoms with Crippen LogP contribution in [0.3, 0.4) is 0 Å². The molecule has 3 saturated heterocycles. The monoisotopic (exact) mass is 276 g/mol. The second-order valence-electron chi connectivity index (χ2n) is 4.45. The number of rotatable bonds is 4. The molecule has 3 rings (SSSR count). The van der Waals surface area contributed by atoms with E-state index in [1.54, 1.807) is 0 Å². The van der Waals surface area contributed by atoms with Gasteiger partial charge in [0.2, 0.25) is 0 Å². The number of hydrogen-bond acceptors (Lipinski definition) is 4. The molecule has 0 saturated carbocycles. The third kappa shape index (κ3) is 3.80. The van der Waals surface area contributed by atoms with Gasteiger partial charge in [0.15, 0.2) is 5.38 Å². The van der Waals surface area contributed by atoms with Gasteiger partial charge in [0.05, 0.1) is 26.1 Å². The molecule has 4 nitrogen and oxygen atoms in total. The van der Waals surface area contributed by atoms with Gasteiger partial charge in [-0.3, -0.25) is 4.90 Å². The summed E-state index contributed by atoms with van der Waals surface area (Å²) in [7, 11) is -2.14. The molecule has 3 aliphatic heterocycles. The van der Waals surface area contributed by atoms with Crippen molar-refractivity contribution in [1.82, 2.24) is 4.90 Å². The normalized spacial score (nSPS) is 35.7. The summed E-state index contributed by atoms with van der Waals surface area (Å²) in [6.45, 7) is 9.08. The Kier molecular flexibility index (Phi) is 5.07. The molecule has 17 heavy (non-hydrogen) atoms. The highest BCUT2D eigenvalue weighted by molar-refractivity contribution is 7.97. The first-order valence-corrected chi connectivity index (χ1v) is 9.99. The molecule has 6 heteroatoms. The molecule has 0 amide bonds. The molecule has 2 bridgehead atoms. The average molecular weight is 276 g/mol. The topological polar surface area (TPSA) is 30.9 Å². The average Bonchev–Trinajstić information content (AvgIpc) is 2.19. The fourth-order valence-electron chi connectivity index (χ4n) is 2.14. The van der Waals surface area contributed by atoms with E-state index in [0.717, 1.165) is 50.6 Å². The van der Waals surface area contributed by atoms with Crippen molar-refractivity contribution in [3.8, 4) is 0 Å². The van der Waals surface area contributed by atoms with Gasteiger partial charge >= 0.3 is 8.80 Å². The molecule has 0 aromatic heterocycles. The number of hydrogen-bond donors (Lipinski definition) is 0. The van der Waals surface area contributed by atoms with E-state index in [1.807, 2.05) is 6.08 Å². The summed E-state index contributed by atoms with van der Waals surface area (Å²) in [5.41, 5.74) is 0. The molecule has 3 fully saturated rings. The van der Waals surface area contributed by atoms with E-state index in [2.05, 4.69) is 17.7 Å². The SMILES string of the molecule is C=CC[S+](C)C[Si]12OCCN(CCO1)CCO2. The summed E-state index contributed by atoms with van der Waals surface area (Å²) >= 11 is 0. The van der Waals surface area contributed by atoms with Crippen LogP contribution < -0.4 is 0 Å². The predicted octanol–water partition coefficient (Wildman–Crippen LogP) is 0.278. The van der Waals surface area contributed by atoms with Crippen molar-refractivity contribution in [1.29, 1.82) is 0 Å². The molecular weight excluding hydrogens is 254 g/mol. The molecule has 1 unspecified atom stereocenters. The Bertz CT molecular complexity index is 241. The Morgan fingerprint density at radius 1 is 1.18 bits per heavy atom. The van der Waals surface area contributed by atoms with Crippen molar-refractivity contribution in [2.24, 2.45) is 0 Å². The van der Waals surface area contributed by atoms with Crippen LogP contribution in [-0.4, -0.2) is 70.5 Å². The highest BCUT2D eigenvalue weighted by Crippen LogP contribution is 2.18. The Morgan fingerprint density at radius 2 is 1.71 bits per heavy atom. The van der Waals surface area contributed by atoms with Gasteiger partial charge in [-0.1, -0.05) is 6.58 Å². The lowest BCUT2D eigenvalue weighted by molar-refractivity contribution is -0.00452. The molecule has 0 spiro atoms. The molecule has 0 N–H and O–H groups in total. The minimum Gasteiger partial charge on any atom is -0.369 e. The lowest BCUT2D eigenvalue weighted by atomic mass is 10.4. The fourth-order valence-corrected chi connectivity index (χ4v) is 7.88. The molecule has 3 aliphatic rings. The lowest BCUT2D eigenvalue weighted by Gasteiger charge is -2.37. The molecular formula is C11H22NO3SSi+. The van der Waals surface area contributed by atoms with Crippen LogP contribution in [-0.2, 0) is 24.2 Å². The third-order valence-electron chi connectivity index (χ3n) is 3.01. The molecule has 1 atom stereocenters. The van der Waals surface area contributed by atoms with Crippen LogP contribution in [0, 0.1) is 0 Å². The number of fused-ring (bicyclic) bond motifs is 6. The Morgan fingerprint density at radius 3 is 2.18 bits per heavy atom. The minimum atomic E-state index is -2.39. The van der Waals surface area contributed by atoms with E-state index in [9.17, 15) is 0 Å². The lowest BCUT2D eigenvalue weighted by Crippen LogP contribution is -2.59. The smallest absolute Gasteiger partial charge is 0.369 e. The van der Waals surface area contributed by atoms with Crippen LogP contribution in [0.15, 0.2) is 12.7 Å². The molecule has 0 radical (unpaired) electrons. The number of nitrogens with zero attached hydrogens (tertiary/aromatic N) is 1. The van der Waals surface area contributed by atoms with Crippen LogP contribution in [0.25, 0.3) is 0 Å². The first-order valence-electron chi connectivity index (χ1n) is 6.08. The summed E-state index contributed by atoms with van der Waals surface area (Å²) in [4.78, 5) is 2.34. The van der Waals surface area contributed by atoms with E-state index in [0.29, 0.717) is 0 Å². The van der Waals surface area contributed by atoms with E-state index < -0.39 is 8.80 Å². The maximum Gasteiger partial charge on any atom is 0.553 e. The van der Waals surface area contributed by atoms with Crippen LogP contribution in [0.1, 0.15) is 0 Å². The molecule has 98 valence electrons. The van der Waals surface area contributed by atoms with Gasteiger partial charge in [-0.15, -0.1) is 0 Å². The van der Waals surface area contributed by atoms with E-state index in [1.165, 1.54) is 0 Å². The van der Waals surface area contributed by atoms with E-state index in [-0.39, 0.29) is 10.9 Å². The molecule has 3 heterocycles. The standard InChI is InChI=1S/C11H22NO3SSi/c1-3-10-16(2)11-17-13-7-4-12(5-8-14-17)6-9-15-17/h3H,1,4-11H2,2H3/q+1.